The second kappa shape index (κ2) is 11.3. The van der Waals surface area contributed by atoms with Crippen molar-refractivity contribution in [3.8, 4) is 0 Å². The Morgan fingerprint density at radius 3 is 2.71 bits per heavy atom. The van der Waals surface area contributed by atoms with Crippen LogP contribution in [0.2, 0.25) is 0 Å². The lowest BCUT2D eigenvalue weighted by Crippen LogP contribution is -2.23. The molecule has 2 aromatic rings. The Bertz CT molecular complexity index is 1180. The number of hydrogen-bond acceptors (Lipinski definition) is 6. The summed E-state index contributed by atoms with van der Waals surface area (Å²) in [7, 11) is 0. The molecule has 2 N–H and O–H groups in total. The fourth-order valence-corrected chi connectivity index (χ4v) is 4.91. The lowest BCUT2D eigenvalue weighted by Gasteiger charge is -2.25. The van der Waals surface area contributed by atoms with Gasteiger partial charge in [0.05, 0.1) is 24.1 Å². The molecule has 0 saturated carbocycles. The number of nitrogens with zero attached hydrogens (tertiary/aromatic N) is 3. The molecule has 0 saturated heterocycles. The van der Waals surface area contributed by atoms with Crippen molar-refractivity contribution in [3.05, 3.63) is 101 Å². The molecule has 35 heavy (non-hydrogen) atoms. The van der Waals surface area contributed by atoms with Crippen molar-refractivity contribution in [1.29, 1.82) is 0 Å². The summed E-state index contributed by atoms with van der Waals surface area (Å²) in [5, 5.41) is 16.4. The number of benzene rings is 1. The van der Waals surface area contributed by atoms with Crippen LogP contribution in [0, 0.1) is 0 Å². The highest BCUT2D eigenvalue weighted by Gasteiger charge is 2.27. The molecule has 6 heteroatoms. The van der Waals surface area contributed by atoms with Crippen LogP contribution in [0.15, 0.2) is 89.3 Å². The van der Waals surface area contributed by atoms with Crippen LogP contribution in [0.25, 0.3) is 0 Å². The highest BCUT2D eigenvalue weighted by molar-refractivity contribution is 6.02. The minimum atomic E-state index is 0.107. The molecular weight excluding hydrogens is 436 g/mol. The first-order chi connectivity index (χ1) is 17.3. The number of allylic oxidation sites excluding steroid dienone is 6. The van der Waals surface area contributed by atoms with Crippen molar-refractivity contribution >= 4 is 11.7 Å². The molecule has 0 amide bonds. The average Bonchev–Trinajstić information content (AvgIpc) is 2.92. The summed E-state index contributed by atoms with van der Waals surface area (Å²) < 4.78 is 6.03. The smallest absolute Gasteiger partial charge is 0.222 e. The SMILES string of the molecule is O/N=C1\CC(c2ccccc2)Cc2nc(NCCO[C@@H]3C=CC(CC4=CCCC=C4)=CC3)ncc21. The number of oxime groups is 1. The number of nitrogens with one attached hydrogen (secondary N) is 1. The van der Waals surface area contributed by atoms with Gasteiger partial charge in [-0.15, -0.1) is 0 Å². The molecule has 0 aliphatic heterocycles. The van der Waals surface area contributed by atoms with E-state index in [1.54, 1.807) is 6.20 Å². The molecule has 1 aromatic carbocycles. The van der Waals surface area contributed by atoms with E-state index in [-0.39, 0.29) is 12.0 Å². The summed E-state index contributed by atoms with van der Waals surface area (Å²) in [5.41, 5.74) is 6.38. The van der Waals surface area contributed by atoms with Gasteiger partial charge in [0.15, 0.2) is 0 Å². The maximum Gasteiger partial charge on any atom is 0.222 e. The molecule has 0 radical (unpaired) electrons. The molecule has 5 rings (SSSR count). The highest BCUT2D eigenvalue weighted by atomic mass is 16.5. The van der Waals surface area contributed by atoms with Gasteiger partial charge in [-0.1, -0.05) is 71.9 Å². The second-order valence-electron chi connectivity index (χ2n) is 9.26. The minimum Gasteiger partial charge on any atom is -0.411 e. The Hall–Kier alpha value is -3.51. The Kier molecular flexibility index (Phi) is 7.49. The van der Waals surface area contributed by atoms with Crippen molar-refractivity contribution in [1.82, 2.24) is 9.97 Å². The van der Waals surface area contributed by atoms with Crippen molar-refractivity contribution in [2.45, 2.75) is 50.5 Å². The van der Waals surface area contributed by atoms with Crippen molar-refractivity contribution < 1.29 is 9.94 Å². The number of aromatic nitrogens is 2. The standard InChI is InChI=1S/C29H32N4O2/c34-33-28-19-24(23-9-5-2-6-10-23)18-27-26(28)20-31-29(32-27)30-15-16-35-25-13-11-22(12-14-25)17-21-7-3-1-4-8-21/h2-3,5-13,20,24-25,34H,1,4,14-19H2,(H,30,31,32)/b33-28+/t24?,25-/m1/s1. The van der Waals surface area contributed by atoms with Gasteiger partial charge in [0.2, 0.25) is 5.95 Å². The molecule has 1 heterocycles. The van der Waals surface area contributed by atoms with Crippen LogP contribution < -0.4 is 5.32 Å². The monoisotopic (exact) mass is 468 g/mol. The third-order valence-electron chi connectivity index (χ3n) is 6.78. The van der Waals surface area contributed by atoms with Gasteiger partial charge in [-0.3, -0.25) is 0 Å². The molecule has 0 fully saturated rings. The van der Waals surface area contributed by atoms with Crippen LogP contribution in [0.1, 0.15) is 54.8 Å². The number of rotatable bonds is 8. The Morgan fingerprint density at radius 2 is 1.94 bits per heavy atom. The summed E-state index contributed by atoms with van der Waals surface area (Å²) in [6.07, 6.45) is 21.0. The van der Waals surface area contributed by atoms with Crippen LogP contribution in [-0.4, -0.2) is 40.1 Å². The zero-order chi connectivity index (χ0) is 23.9. The summed E-state index contributed by atoms with van der Waals surface area (Å²) >= 11 is 0. The van der Waals surface area contributed by atoms with Crippen molar-refractivity contribution in [2.75, 3.05) is 18.5 Å². The molecule has 3 aliphatic carbocycles. The predicted molar refractivity (Wildman–Crippen MR) is 139 cm³/mol. The van der Waals surface area contributed by atoms with Gasteiger partial charge in [0, 0.05) is 24.7 Å². The normalized spacial score (nSPS) is 22.5. The maximum atomic E-state index is 9.55. The molecule has 3 aliphatic rings. The van der Waals surface area contributed by atoms with Crippen LogP contribution in [0.5, 0.6) is 0 Å². The van der Waals surface area contributed by atoms with Crippen LogP contribution in [0.3, 0.4) is 0 Å². The van der Waals surface area contributed by atoms with E-state index in [1.807, 2.05) is 18.2 Å². The summed E-state index contributed by atoms with van der Waals surface area (Å²) in [6.45, 7) is 1.20. The van der Waals surface area contributed by atoms with Gasteiger partial charge in [0.1, 0.15) is 0 Å². The first kappa shape index (κ1) is 23.2. The topological polar surface area (TPSA) is 79.6 Å². The van der Waals surface area contributed by atoms with Gasteiger partial charge in [-0.2, -0.15) is 0 Å². The van der Waals surface area contributed by atoms with Crippen LogP contribution in [0.4, 0.5) is 5.95 Å². The first-order valence-corrected chi connectivity index (χ1v) is 12.5. The number of anilines is 1. The fraction of sp³-hybridized carbons (Fsp3) is 0.345. The number of hydrogen-bond donors (Lipinski definition) is 2. The third kappa shape index (κ3) is 5.95. The largest absolute Gasteiger partial charge is 0.411 e. The summed E-state index contributed by atoms with van der Waals surface area (Å²) in [6, 6.07) is 10.3. The fourth-order valence-electron chi connectivity index (χ4n) is 4.91. The molecule has 6 nitrogen and oxygen atoms in total. The minimum absolute atomic E-state index is 0.107. The quantitative estimate of drug-likeness (QED) is 0.294. The number of ether oxygens (including phenoxy) is 1. The highest BCUT2D eigenvalue weighted by Crippen LogP contribution is 2.32. The van der Waals surface area contributed by atoms with Gasteiger partial charge >= 0.3 is 0 Å². The molecule has 1 aromatic heterocycles. The van der Waals surface area contributed by atoms with Gasteiger partial charge in [0.25, 0.3) is 0 Å². The average molecular weight is 469 g/mol. The van der Waals surface area contributed by atoms with Crippen LogP contribution in [-0.2, 0) is 11.2 Å². The zero-order valence-electron chi connectivity index (χ0n) is 19.9. The number of fused-ring (bicyclic) bond motifs is 1. The van der Waals surface area contributed by atoms with E-state index in [1.165, 1.54) is 16.7 Å². The molecule has 1 unspecified atom stereocenters. The predicted octanol–water partition coefficient (Wildman–Crippen LogP) is 5.73. The van der Waals surface area contributed by atoms with E-state index in [2.05, 4.69) is 64.0 Å². The van der Waals surface area contributed by atoms with E-state index in [4.69, 9.17) is 9.72 Å². The van der Waals surface area contributed by atoms with Crippen molar-refractivity contribution in [3.63, 3.8) is 0 Å². The zero-order valence-corrected chi connectivity index (χ0v) is 19.9. The Morgan fingerprint density at radius 1 is 1.06 bits per heavy atom. The Labute approximate surface area is 206 Å². The lowest BCUT2D eigenvalue weighted by molar-refractivity contribution is 0.0944. The summed E-state index contributed by atoms with van der Waals surface area (Å²) in [4.78, 5) is 9.17. The second-order valence-corrected chi connectivity index (χ2v) is 9.26. The maximum absolute atomic E-state index is 9.55. The molecule has 2 atom stereocenters. The lowest BCUT2D eigenvalue weighted by atomic mass is 9.82. The third-order valence-corrected chi connectivity index (χ3v) is 6.78. The van der Waals surface area contributed by atoms with E-state index < -0.39 is 0 Å². The van der Waals surface area contributed by atoms with Crippen LogP contribution >= 0.6 is 0 Å². The van der Waals surface area contributed by atoms with Gasteiger partial charge in [-0.05, 0) is 54.7 Å². The Balaban J connectivity index is 1.11. The molecule has 180 valence electrons. The van der Waals surface area contributed by atoms with E-state index >= 15 is 0 Å². The van der Waals surface area contributed by atoms with Gasteiger partial charge in [-0.25, -0.2) is 9.97 Å². The van der Waals surface area contributed by atoms with E-state index in [9.17, 15) is 5.21 Å². The van der Waals surface area contributed by atoms with E-state index in [0.717, 1.165) is 43.4 Å². The molecule has 0 spiro atoms. The summed E-state index contributed by atoms with van der Waals surface area (Å²) in [5.74, 6) is 0.815. The molecular formula is C29H32N4O2. The van der Waals surface area contributed by atoms with Crippen molar-refractivity contribution in [2.24, 2.45) is 5.16 Å². The molecule has 0 bridgehead atoms. The van der Waals surface area contributed by atoms with Gasteiger partial charge < -0.3 is 15.3 Å². The van der Waals surface area contributed by atoms with E-state index in [0.29, 0.717) is 31.2 Å². The first-order valence-electron chi connectivity index (χ1n) is 12.5.